The highest BCUT2D eigenvalue weighted by Crippen LogP contribution is 2.11. The van der Waals surface area contributed by atoms with Crippen LogP contribution in [0.1, 0.15) is 19.4 Å². The van der Waals surface area contributed by atoms with Crippen molar-refractivity contribution in [1.82, 2.24) is 5.32 Å². The maximum Gasteiger partial charge on any atom is 0.119 e. The number of hydrogen-bond acceptors (Lipinski definition) is 5. The van der Waals surface area contributed by atoms with Crippen LogP contribution >= 0.6 is 0 Å². The maximum atomic E-state index is 5.63. The molecule has 0 aromatic heterocycles. The van der Waals surface area contributed by atoms with E-state index in [-0.39, 0.29) is 0 Å². The van der Waals surface area contributed by atoms with Gasteiger partial charge in [0.05, 0.1) is 39.6 Å². The molecule has 0 spiro atoms. The molecule has 0 radical (unpaired) electrons. The Morgan fingerprint density at radius 1 is 0.840 bits per heavy atom. The van der Waals surface area contributed by atoms with Crippen molar-refractivity contribution in [2.75, 3.05) is 59.8 Å². The Kier molecular flexibility index (Phi) is 12.7. The van der Waals surface area contributed by atoms with Crippen LogP contribution in [0.5, 0.6) is 5.75 Å². The van der Waals surface area contributed by atoms with Crippen LogP contribution in [0, 0.1) is 17.8 Å². The van der Waals surface area contributed by atoms with Crippen LogP contribution in [0.25, 0.3) is 0 Å². The van der Waals surface area contributed by atoms with E-state index in [4.69, 9.17) is 18.9 Å². The third-order valence-electron chi connectivity index (χ3n) is 3.10. The van der Waals surface area contributed by atoms with Crippen molar-refractivity contribution in [1.29, 1.82) is 0 Å². The predicted octanol–water partition coefficient (Wildman–Crippen LogP) is 2.34. The van der Waals surface area contributed by atoms with Crippen LogP contribution < -0.4 is 10.1 Å². The van der Waals surface area contributed by atoms with E-state index in [1.165, 1.54) is 0 Å². The molecule has 0 saturated carbocycles. The van der Waals surface area contributed by atoms with Gasteiger partial charge in [-0.2, -0.15) is 0 Å². The fraction of sp³-hybridized carbons (Fsp3) is 0.600. The third kappa shape index (κ3) is 12.4. The number of likely N-dealkylation sites (N-methyl/N-ethyl adjacent to an activating group) is 1. The van der Waals surface area contributed by atoms with Gasteiger partial charge >= 0.3 is 0 Å². The van der Waals surface area contributed by atoms with Crippen molar-refractivity contribution in [3.8, 4) is 17.6 Å². The van der Waals surface area contributed by atoms with Crippen molar-refractivity contribution in [2.24, 2.45) is 5.92 Å². The monoisotopic (exact) mass is 349 g/mol. The van der Waals surface area contributed by atoms with Gasteiger partial charge in [0.25, 0.3) is 0 Å². The van der Waals surface area contributed by atoms with E-state index in [9.17, 15) is 0 Å². The topological polar surface area (TPSA) is 49.0 Å². The van der Waals surface area contributed by atoms with E-state index < -0.39 is 0 Å². The van der Waals surface area contributed by atoms with E-state index in [0.717, 1.165) is 17.9 Å². The first-order chi connectivity index (χ1) is 12.2. The van der Waals surface area contributed by atoms with Gasteiger partial charge in [0.1, 0.15) is 12.4 Å². The zero-order chi connectivity index (χ0) is 18.2. The smallest absolute Gasteiger partial charge is 0.119 e. The molecule has 1 aromatic carbocycles. The summed E-state index contributed by atoms with van der Waals surface area (Å²) in [5.41, 5.74) is 1.00. The molecule has 5 nitrogen and oxygen atoms in total. The van der Waals surface area contributed by atoms with Crippen molar-refractivity contribution < 1.29 is 18.9 Å². The molecule has 0 heterocycles. The second-order valence-electron chi connectivity index (χ2n) is 5.74. The summed E-state index contributed by atoms with van der Waals surface area (Å²) in [7, 11) is 1.90. The van der Waals surface area contributed by atoms with Crippen LogP contribution in [0.2, 0.25) is 0 Å². The molecule has 0 atom stereocenters. The van der Waals surface area contributed by atoms with Gasteiger partial charge in [-0.1, -0.05) is 25.7 Å². The zero-order valence-corrected chi connectivity index (χ0v) is 15.7. The van der Waals surface area contributed by atoms with Gasteiger partial charge in [-0.25, -0.2) is 0 Å². The first-order valence-electron chi connectivity index (χ1n) is 8.84. The number of ether oxygens (including phenoxy) is 4. The summed E-state index contributed by atoms with van der Waals surface area (Å²) in [6, 6.07) is 7.80. The van der Waals surface area contributed by atoms with Crippen LogP contribution in [-0.2, 0) is 14.2 Å². The van der Waals surface area contributed by atoms with Gasteiger partial charge in [0.15, 0.2) is 0 Å². The summed E-state index contributed by atoms with van der Waals surface area (Å²) in [5, 5.41) is 3.02. The molecule has 0 saturated heterocycles. The molecule has 0 aliphatic carbocycles. The van der Waals surface area contributed by atoms with Gasteiger partial charge < -0.3 is 24.3 Å². The number of nitrogens with one attached hydrogen (secondary N) is 1. The molecule has 140 valence electrons. The summed E-state index contributed by atoms with van der Waals surface area (Å²) in [6.07, 6.45) is 0. The van der Waals surface area contributed by atoms with Crippen molar-refractivity contribution in [2.45, 2.75) is 13.8 Å². The zero-order valence-electron chi connectivity index (χ0n) is 15.7. The van der Waals surface area contributed by atoms with Gasteiger partial charge in [-0.15, -0.1) is 0 Å². The molecule has 0 fully saturated rings. The SMILES string of the molecule is CNCCOCCOCCOCCOc1ccc(C#CC(C)C)cc1. The third-order valence-corrected chi connectivity index (χ3v) is 3.10. The lowest BCUT2D eigenvalue weighted by atomic mass is 10.2. The maximum absolute atomic E-state index is 5.63. The first kappa shape index (κ1) is 21.5. The van der Waals surface area contributed by atoms with Gasteiger partial charge in [0.2, 0.25) is 0 Å². The number of benzene rings is 1. The molecule has 0 unspecified atom stereocenters. The quantitative estimate of drug-likeness (QED) is 0.438. The Hall–Kier alpha value is -1.58. The fourth-order valence-corrected chi connectivity index (χ4v) is 1.80. The Bertz CT molecular complexity index is 491. The minimum absolute atomic E-state index is 0.378. The summed E-state index contributed by atoms with van der Waals surface area (Å²) >= 11 is 0. The number of rotatable bonds is 13. The lowest BCUT2D eigenvalue weighted by Crippen LogP contribution is -2.17. The van der Waals surface area contributed by atoms with E-state index in [1.54, 1.807) is 0 Å². The summed E-state index contributed by atoms with van der Waals surface area (Å²) < 4.78 is 21.8. The molecule has 5 heteroatoms. The highest BCUT2D eigenvalue weighted by atomic mass is 16.6. The molecule has 0 aliphatic rings. The Balaban J connectivity index is 1.97. The van der Waals surface area contributed by atoms with Crippen LogP contribution in [0.4, 0.5) is 0 Å². The van der Waals surface area contributed by atoms with E-state index in [2.05, 4.69) is 31.0 Å². The Morgan fingerprint density at radius 2 is 1.40 bits per heavy atom. The fourth-order valence-electron chi connectivity index (χ4n) is 1.80. The molecule has 0 amide bonds. The summed E-state index contributed by atoms with van der Waals surface area (Å²) in [6.45, 7) is 9.11. The minimum atomic E-state index is 0.378. The van der Waals surface area contributed by atoms with Crippen LogP contribution in [0.3, 0.4) is 0 Å². The van der Waals surface area contributed by atoms with Crippen LogP contribution in [-0.4, -0.2) is 59.8 Å². The molecule has 0 aliphatic heterocycles. The highest BCUT2D eigenvalue weighted by molar-refractivity contribution is 5.38. The van der Waals surface area contributed by atoms with E-state index >= 15 is 0 Å². The average Bonchev–Trinajstić information content (AvgIpc) is 2.62. The second-order valence-corrected chi connectivity index (χ2v) is 5.74. The highest BCUT2D eigenvalue weighted by Gasteiger charge is 1.95. The molecular weight excluding hydrogens is 318 g/mol. The minimum Gasteiger partial charge on any atom is -0.491 e. The van der Waals surface area contributed by atoms with Crippen molar-refractivity contribution in [3.05, 3.63) is 29.8 Å². The average molecular weight is 349 g/mol. The molecule has 1 rings (SSSR count). The Labute approximate surface area is 152 Å². The second kappa shape index (κ2) is 14.7. The first-order valence-corrected chi connectivity index (χ1v) is 8.84. The van der Waals surface area contributed by atoms with Gasteiger partial charge in [-0.3, -0.25) is 0 Å². The standard InChI is InChI=1S/C20H31NO4/c1-18(2)4-5-19-6-8-20(9-7-19)25-17-16-24-15-14-23-13-12-22-11-10-21-3/h6-9,18,21H,10-17H2,1-3H3. The van der Waals surface area contributed by atoms with Crippen LogP contribution in [0.15, 0.2) is 24.3 Å². The predicted molar refractivity (Wildman–Crippen MR) is 100 cm³/mol. The molecule has 1 N–H and O–H groups in total. The number of hydrogen-bond donors (Lipinski definition) is 1. The van der Waals surface area contributed by atoms with Gasteiger partial charge in [0, 0.05) is 18.0 Å². The molecule has 0 bridgehead atoms. The van der Waals surface area contributed by atoms with E-state index in [0.29, 0.717) is 52.2 Å². The van der Waals surface area contributed by atoms with Crippen molar-refractivity contribution in [3.63, 3.8) is 0 Å². The van der Waals surface area contributed by atoms with Gasteiger partial charge in [-0.05, 0) is 31.3 Å². The van der Waals surface area contributed by atoms with Crippen molar-refractivity contribution >= 4 is 0 Å². The molecular formula is C20H31NO4. The normalized spacial score (nSPS) is 10.6. The largest absolute Gasteiger partial charge is 0.491 e. The Morgan fingerprint density at radius 3 is 1.96 bits per heavy atom. The summed E-state index contributed by atoms with van der Waals surface area (Å²) in [5.74, 6) is 7.48. The molecule has 1 aromatic rings. The summed E-state index contributed by atoms with van der Waals surface area (Å²) in [4.78, 5) is 0. The lowest BCUT2D eigenvalue weighted by molar-refractivity contribution is 0.0100. The molecule has 25 heavy (non-hydrogen) atoms. The lowest BCUT2D eigenvalue weighted by Gasteiger charge is -2.08. The van der Waals surface area contributed by atoms with E-state index in [1.807, 2.05) is 31.3 Å².